The van der Waals surface area contributed by atoms with Crippen LogP contribution in [-0.2, 0) is 5.41 Å². The van der Waals surface area contributed by atoms with E-state index >= 15 is 0 Å². The van der Waals surface area contributed by atoms with Crippen LogP contribution in [0.5, 0.6) is 11.5 Å². The number of rotatable bonds is 5. The van der Waals surface area contributed by atoms with Crippen molar-refractivity contribution in [3.8, 4) is 11.5 Å². The Morgan fingerprint density at radius 1 is 1.12 bits per heavy atom. The number of anilines is 1. The predicted molar refractivity (Wildman–Crippen MR) is 123 cm³/mol. The molecule has 1 saturated heterocycles. The van der Waals surface area contributed by atoms with E-state index in [4.69, 9.17) is 9.47 Å². The van der Waals surface area contributed by atoms with Gasteiger partial charge in [-0.05, 0) is 87.7 Å². The molecular weight excluding hydrogens is 409 g/mol. The fourth-order valence-electron chi connectivity index (χ4n) is 5.51. The van der Waals surface area contributed by atoms with Crippen LogP contribution in [0.15, 0.2) is 36.4 Å². The molecule has 172 valence electrons. The van der Waals surface area contributed by atoms with Crippen LogP contribution >= 0.6 is 0 Å². The molecule has 2 amide bonds. The van der Waals surface area contributed by atoms with E-state index in [2.05, 4.69) is 34.7 Å². The molecule has 0 spiro atoms. The van der Waals surface area contributed by atoms with Gasteiger partial charge in [-0.25, -0.2) is 9.18 Å². The van der Waals surface area contributed by atoms with Crippen LogP contribution in [0.1, 0.15) is 36.8 Å². The van der Waals surface area contributed by atoms with Crippen molar-refractivity contribution >= 4 is 11.7 Å². The molecule has 7 heteroatoms. The lowest BCUT2D eigenvalue weighted by molar-refractivity contribution is 0.156. The Morgan fingerprint density at radius 2 is 1.91 bits per heavy atom. The average Bonchev–Trinajstić information content (AvgIpc) is 3.12. The Morgan fingerprint density at radius 3 is 2.62 bits per heavy atom. The molecule has 0 bridgehead atoms. The molecule has 6 nitrogen and oxygen atoms in total. The minimum Gasteiger partial charge on any atom is -0.493 e. The van der Waals surface area contributed by atoms with Crippen molar-refractivity contribution in [1.82, 2.24) is 10.2 Å². The topological polar surface area (TPSA) is 62.8 Å². The van der Waals surface area contributed by atoms with Gasteiger partial charge in [0.1, 0.15) is 5.82 Å². The molecule has 3 atom stereocenters. The van der Waals surface area contributed by atoms with Crippen molar-refractivity contribution in [2.24, 2.45) is 0 Å². The van der Waals surface area contributed by atoms with Gasteiger partial charge < -0.3 is 25.0 Å². The van der Waals surface area contributed by atoms with E-state index in [1.165, 1.54) is 17.7 Å². The van der Waals surface area contributed by atoms with Crippen LogP contribution in [0.2, 0.25) is 0 Å². The first-order valence-electron chi connectivity index (χ1n) is 11.1. The van der Waals surface area contributed by atoms with Crippen LogP contribution in [0.3, 0.4) is 0 Å². The third kappa shape index (κ3) is 4.13. The van der Waals surface area contributed by atoms with Gasteiger partial charge >= 0.3 is 6.03 Å². The molecule has 4 rings (SSSR count). The van der Waals surface area contributed by atoms with Gasteiger partial charge in [0.25, 0.3) is 0 Å². The summed E-state index contributed by atoms with van der Waals surface area (Å²) >= 11 is 0. The number of urea groups is 1. The first kappa shape index (κ1) is 22.4. The van der Waals surface area contributed by atoms with Gasteiger partial charge in [0.05, 0.1) is 14.2 Å². The summed E-state index contributed by atoms with van der Waals surface area (Å²) in [5.74, 6) is 1.18. The Labute approximate surface area is 189 Å². The van der Waals surface area contributed by atoms with Gasteiger partial charge in [-0.1, -0.05) is 6.07 Å². The fraction of sp³-hybridized carbons (Fsp3) is 0.480. The number of aryl methyl sites for hydroxylation is 1. The van der Waals surface area contributed by atoms with Crippen LogP contribution in [0.25, 0.3) is 0 Å². The minimum absolute atomic E-state index is 0.0382. The number of amides is 2. The normalized spacial score (nSPS) is 25.2. The highest BCUT2D eigenvalue weighted by atomic mass is 19.1. The number of likely N-dealkylation sites (tertiary alicyclic amines) is 1. The number of carbonyl (C=O) groups excluding carboxylic acids is 1. The van der Waals surface area contributed by atoms with Crippen molar-refractivity contribution in [2.75, 3.05) is 33.1 Å². The number of methoxy groups -OCH3 is 2. The van der Waals surface area contributed by atoms with E-state index in [9.17, 15) is 9.18 Å². The van der Waals surface area contributed by atoms with Gasteiger partial charge in [0, 0.05) is 23.2 Å². The number of carbonyl (C=O) groups is 1. The summed E-state index contributed by atoms with van der Waals surface area (Å²) in [5, 5.41) is 6.00. The lowest BCUT2D eigenvalue weighted by atomic mass is 9.65. The number of halogens is 1. The number of fused-ring (bicyclic) bond motifs is 1. The Bertz CT molecular complexity index is 998. The maximum absolute atomic E-state index is 13.3. The van der Waals surface area contributed by atoms with Gasteiger partial charge in [0.15, 0.2) is 11.5 Å². The third-order valence-corrected chi connectivity index (χ3v) is 7.26. The molecule has 0 aromatic heterocycles. The summed E-state index contributed by atoms with van der Waals surface area (Å²) in [6.45, 7) is 2.80. The average molecular weight is 442 g/mol. The highest BCUT2D eigenvalue weighted by Crippen LogP contribution is 2.49. The Hall–Kier alpha value is -2.80. The first-order valence-corrected chi connectivity index (χ1v) is 11.1. The molecular formula is C25H32FN3O3. The summed E-state index contributed by atoms with van der Waals surface area (Å²) in [5.41, 5.74) is 2.63. The van der Waals surface area contributed by atoms with Crippen LogP contribution in [0.4, 0.5) is 14.9 Å². The fourth-order valence-corrected chi connectivity index (χ4v) is 5.51. The molecule has 2 aromatic rings. The molecule has 2 N–H and O–H groups in total. The van der Waals surface area contributed by atoms with E-state index < -0.39 is 0 Å². The zero-order valence-corrected chi connectivity index (χ0v) is 19.2. The largest absolute Gasteiger partial charge is 0.493 e. The molecule has 1 aliphatic heterocycles. The summed E-state index contributed by atoms with van der Waals surface area (Å²) in [4.78, 5) is 15.0. The second-order valence-corrected chi connectivity index (χ2v) is 9.00. The summed E-state index contributed by atoms with van der Waals surface area (Å²) < 4.78 is 24.3. The number of benzene rings is 2. The first-order chi connectivity index (χ1) is 15.4. The van der Waals surface area contributed by atoms with E-state index in [1.807, 2.05) is 6.07 Å². The van der Waals surface area contributed by atoms with Crippen LogP contribution in [0, 0.1) is 12.7 Å². The summed E-state index contributed by atoms with van der Waals surface area (Å²) in [6, 6.07) is 10.8. The summed E-state index contributed by atoms with van der Waals surface area (Å²) in [6.07, 6.45) is 3.84. The highest BCUT2D eigenvalue weighted by Gasteiger charge is 2.50. The number of ether oxygens (including phenoxy) is 2. The van der Waals surface area contributed by atoms with Crippen LogP contribution < -0.4 is 20.1 Å². The lowest BCUT2D eigenvalue weighted by Crippen LogP contribution is -2.52. The lowest BCUT2D eigenvalue weighted by Gasteiger charge is -2.45. The Balaban J connectivity index is 1.48. The van der Waals surface area contributed by atoms with E-state index in [0.29, 0.717) is 17.3 Å². The third-order valence-electron chi connectivity index (χ3n) is 7.26. The van der Waals surface area contributed by atoms with Crippen molar-refractivity contribution in [2.45, 2.75) is 50.1 Å². The van der Waals surface area contributed by atoms with Gasteiger partial charge in [-0.3, -0.25) is 0 Å². The molecule has 32 heavy (non-hydrogen) atoms. The minimum atomic E-state index is -0.309. The molecule has 1 aliphatic carbocycles. The highest BCUT2D eigenvalue weighted by molar-refractivity contribution is 5.90. The second-order valence-electron chi connectivity index (χ2n) is 9.00. The van der Waals surface area contributed by atoms with Crippen molar-refractivity contribution in [3.63, 3.8) is 0 Å². The number of hydrogen-bond acceptors (Lipinski definition) is 4. The van der Waals surface area contributed by atoms with E-state index in [0.717, 1.165) is 43.7 Å². The SMILES string of the molecule is COc1ccc(C23CCC(NC(=O)Nc4ccc(F)cc4C)CC2N(C)CC3)cc1OC. The van der Waals surface area contributed by atoms with Crippen molar-refractivity contribution in [1.29, 1.82) is 0 Å². The van der Waals surface area contributed by atoms with E-state index in [-0.39, 0.29) is 23.3 Å². The molecule has 3 unspecified atom stereocenters. The molecule has 2 aliphatic rings. The van der Waals surface area contributed by atoms with E-state index in [1.54, 1.807) is 27.2 Å². The van der Waals surface area contributed by atoms with Crippen LogP contribution in [-0.4, -0.2) is 50.8 Å². The molecule has 2 aromatic carbocycles. The molecule has 1 saturated carbocycles. The molecule has 2 fully saturated rings. The predicted octanol–water partition coefficient (Wildman–Crippen LogP) is 4.47. The molecule has 1 heterocycles. The zero-order chi connectivity index (χ0) is 22.9. The van der Waals surface area contributed by atoms with Crippen molar-refractivity contribution < 1.29 is 18.7 Å². The quantitative estimate of drug-likeness (QED) is 0.719. The smallest absolute Gasteiger partial charge is 0.319 e. The molecule has 0 radical (unpaired) electrons. The summed E-state index contributed by atoms with van der Waals surface area (Å²) in [7, 11) is 5.48. The second kappa shape index (κ2) is 8.98. The maximum Gasteiger partial charge on any atom is 0.319 e. The van der Waals surface area contributed by atoms with Gasteiger partial charge in [-0.15, -0.1) is 0 Å². The Kier molecular flexibility index (Phi) is 6.29. The monoisotopic (exact) mass is 441 g/mol. The van der Waals surface area contributed by atoms with Crippen molar-refractivity contribution in [3.05, 3.63) is 53.3 Å². The number of likely N-dealkylation sites (N-methyl/N-ethyl adjacent to an activating group) is 1. The van der Waals surface area contributed by atoms with Gasteiger partial charge in [-0.2, -0.15) is 0 Å². The zero-order valence-electron chi connectivity index (χ0n) is 19.2. The number of nitrogens with one attached hydrogen (secondary N) is 2. The van der Waals surface area contributed by atoms with Gasteiger partial charge in [0.2, 0.25) is 0 Å². The number of nitrogens with zero attached hydrogens (tertiary/aromatic N) is 1. The number of hydrogen-bond donors (Lipinski definition) is 2. The maximum atomic E-state index is 13.3. The standard InChI is InChI=1S/C25H32FN3O3/c1-16-13-18(26)6-7-20(16)28-24(30)27-19-9-10-25(11-12-29(2)23(25)15-19)17-5-8-21(31-3)22(14-17)32-4/h5-8,13-14,19,23H,9-12,15H2,1-4H3,(H2,27,28,30).